The molecule has 1 atom stereocenters. The Kier molecular flexibility index (Phi) is 8.16. The molecule has 2 aliphatic carbocycles. The summed E-state index contributed by atoms with van der Waals surface area (Å²) in [5, 5.41) is 0. The third-order valence-corrected chi connectivity index (χ3v) is 10.1. The first-order valence-corrected chi connectivity index (χ1v) is 16.9. The molecule has 0 fully saturated rings. The fourth-order valence-electron chi connectivity index (χ4n) is 7.35. The fourth-order valence-corrected chi connectivity index (χ4v) is 7.35. The van der Waals surface area contributed by atoms with E-state index < -0.39 is 0 Å². The monoisotopic (exact) mass is 609 g/mol. The van der Waals surface area contributed by atoms with Gasteiger partial charge in [0.1, 0.15) is 0 Å². The molecule has 0 N–H and O–H groups in total. The van der Waals surface area contributed by atoms with Gasteiger partial charge in [-0.25, -0.2) is 0 Å². The first kappa shape index (κ1) is 30.5. The molecule has 5 aromatic carbocycles. The van der Waals surface area contributed by atoms with Crippen LogP contribution < -0.4 is 4.90 Å². The van der Waals surface area contributed by atoms with E-state index in [0.717, 1.165) is 18.4 Å². The van der Waals surface area contributed by atoms with E-state index in [1.807, 2.05) is 6.08 Å². The van der Waals surface area contributed by atoms with Crippen molar-refractivity contribution in [3.8, 4) is 11.1 Å². The normalized spacial score (nSPS) is 16.3. The van der Waals surface area contributed by atoms with Gasteiger partial charge in [0.25, 0.3) is 0 Å². The number of hydrogen-bond donors (Lipinski definition) is 0. The van der Waals surface area contributed by atoms with E-state index in [0.29, 0.717) is 0 Å². The second kappa shape index (κ2) is 12.6. The second-order valence-corrected chi connectivity index (χ2v) is 13.3. The zero-order valence-electron chi connectivity index (χ0n) is 28.0. The number of nitrogens with zero attached hydrogens (tertiary/aromatic N) is 1. The molecule has 0 aliphatic heterocycles. The highest BCUT2D eigenvalue weighted by atomic mass is 15.2. The van der Waals surface area contributed by atoms with E-state index >= 15 is 0 Å². The van der Waals surface area contributed by atoms with E-state index in [1.54, 1.807) is 0 Å². The molecule has 0 saturated heterocycles. The molecule has 0 saturated carbocycles. The summed E-state index contributed by atoms with van der Waals surface area (Å²) in [5.74, 6) is 0. The van der Waals surface area contributed by atoms with Crippen LogP contribution in [0.25, 0.3) is 34.4 Å². The van der Waals surface area contributed by atoms with Crippen molar-refractivity contribution in [2.45, 2.75) is 52.0 Å². The SMILES string of the molecule is C=Cc1ccccc1/C=C(\C)c1ccc(N(c2ccc3c(c2)C(C)(C)c2ccccc2-3)C2C=CC(c3ccc(CC)cc3)=CC2)cc1. The van der Waals surface area contributed by atoms with Crippen LogP contribution in [0.2, 0.25) is 0 Å². The fraction of sp³-hybridized carbons (Fsp3) is 0.174. The standard InChI is InChI=1S/C46H43N/c1-6-33-16-18-36(19-17-33)37-22-26-40(27-23-37)47(41-28-29-43-42-14-10-11-15-44(42)46(4,5)45(43)31-41)39-24-20-35(21-25-39)32(3)30-38-13-9-8-12-34(38)7-2/h7-26,28-31,40H,2,6,27H2,1,3-5H3/b32-30+. The van der Waals surface area contributed by atoms with Crippen LogP contribution >= 0.6 is 0 Å². The molecule has 47 heavy (non-hydrogen) atoms. The van der Waals surface area contributed by atoms with Crippen molar-refractivity contribution < 1.29 is 0 Å². The van der Waals surface area contributed by atoms with Crippen molar-refractivity contribution in [1.29, 1.82) is 0 Å². The van der Waals surface area contributed by atoms with Gasteiger partial charge in [-0.1, -0.05) is 149 Å². The summed E-state index contributed by atoms with van der Waals surface area (Å²) >= 11 is 0. The Balaban J connectivity index is 1.25. The maximum atomic E-state index is 4.00. The Morgan fingerprint density at radius 1 is 0.787 bits per heavy atom. The lowest BCUT2D eigenvalue weighted by Gasteiger charge is -2.34. The van der Waals surface area contributed by atoms with E-state index in [4.69, 9.17) is 0 Å². The molecule has 0 aromatic heterocycles. The average Bonchev–Trinajstić information content (AvgIpc) is 3.35. The van der Waals surface area contributed by atoms with Gasteiger partial charge in [0.05, 0.1) is 6.04 Å². The molecule has 2 aliphatic rings. The van der Waals surface area contributed by atoms with Gasteiger partial charge in [0, 0.05) is 16.8 Å². The van der Waals surface area contributed by atoms with Crippen molar-refractivity contribution in [3.63, 3.8) is 0 Å². The zero-order chi connectivity index (χ0) is 32.5. The predicted molar refractivity (Wildman–Crippen MR) is 204 cm³/mol. The minimum atomic E-state index is -0.0543. The quantitative estimate of drug-likeness (QED) is 0.158. The summed E-state index contributed by atoms with van der Waals surface area (Å²) in [7, 11) is 0. The van der Waals surface area contributed by atoms with Crippen LogP contribution in [-0.4, -0.2) is 6.04 Å². The van der Waals surface area contributed by atoms with Gasteiger partial charge in [0.2, 0.25) is 0 Å². The van der Waals surface area contributed by atoms with Crippen LogP contribution in [0.15, 0.2) is 140 Å². The van der Waals surface area contributed by atoms with Crippen LogP contribution in [0.1, 0.15) is 73.1 Å². The van der Waals surface area contributed by atoms with E-state index in [1.165, 1.54) is 67.0 Å². The van der Waals surface area contributed by atoms with Crippen LogP contribution in [0.3, 0.4) is 0 Å². The number of hydrogen-bond acceptors (Lipinski definition) is 1. The Morgan fingerprint density at radius 3 is 2.17 bits per heavy atom. The summed E-state index contributed by atoms with van der Waals surface area (Å²) in [5.41, 5.74) is 16.6. The molecule has 0 heterocycles. The molecule has 0 spiro atoms. The van der Waals surface area contributed by atoms with E-state index in [2.05, 4.69) is 179 Å². The van der Waals surface area contributed by atoms with Crippen LogP contribution in [0.4, 0.5) is 11.4 Å². The number of allylic oxidation sites excluding steroid dienone is 3. The molecule has 232 valence electrons. The lowest BCUT2D eigenvalue weighted by Crippen LogP contribution is -2.30. The van der Waals surface area contributed by atoms with Crippen molar-refractivity contribution >= 4 is 34.7 Å². The Bertz CT molecular complexity index is 2030. The summed E-state index contributed by atoms with van der Waals surface area (Å²) in [4.78, 5) is 2.53. The highest BCUT2D eigenvalue weighted by molar-refractivity contribution is 5.86. The van der Waals surface area contributed by atoms with Gasteiger partial charge in [-0.3, -0.25) is 0 Å². The number of benzene rings is 5. The van der Waals surface area contributed by atoms with E-state index in [9.17, 15) is 0 Å². The third-order valence-electron chi connectivity index (χ3n) is 10.1. The predicted octanol–water partition coefficient (Wildman–Crippen LogP) is 12.3. The molecular weight excluding hydrogens is 567 g/mol. The molecule has 0 radical (unpaired) electrons. The molecule has 0 bridgehead atoms. The number of rotatable bonds is 8. The van der Waals surface area contributed by atoms with E-state index in [-0.39, 0.29) is 11.5 Å². The summed E-state index contributed by atoms with van der Waals surface area (Å²) < 4.78 is 0. The second-order valence-electron chi connectivity index (χ2n) is 13.3. The molecular formula is C46H43N. The topological polar surface area (TPSA) is 3.24 Å². The van der Waals surface area contributed by atoms with Crippen molar-refractivity contribution in [3.05, 3.63) is 179 Å². The number of anilines is 2. The van der Waals surface area contributed by atoms with Crippen molar-refractivity contribution in [1.82, 2.24) is 0 Å². The molecule has 0 amide bonds. The minimum Gasteiger partial charge on any atom is -0.334 e. The zero-order valence-corrected chi connectivity index (χ0v) is 28.0. The molecule has 1 heteroatoms. The van der Waals surface area contributed by atoms with Gasteiger partial charge >= 0.3 is 0 Å². The first-order valence-electron chi connectivity index (χ1n) is 16.9. The third kappa shape index (κ3) is 5.72. The lowest BCUT2D eigenvalue weighted by atomic mass is 9.82. The Morgan fingerprint density at radius 2 is 1.47 bits per heavy atom. The lowest BCUT2D eigenvalue weighted by molar-refractivity contribution is 0.659. The average molecular weight is 610 g/mol. The Hall–Kier alpha value is -5.14. The molecule has 5 aromatic rings. The van der Waals surface area contributed by atoms with Crippen LogP contribution in [0, 0.1) is 0 Å². The molecule has 1 nitrogen and oxygen atoms in total. The van der Waals surface area contributed by atoms with Gasteiger partial charge in [0.15, 0.2) is 0 Å². The Labute approximate surface area is 280 Å². The molecule has 7 rings (SSSR count). The minimum absolute atomic E-state index is 0.0543. The van der Waals surface area contributed by atoms with Gasteiger partial charge in [-0.05, 0) is 105 Å². The number of fused-ring (bicyclic) bond motifs is 3. The van der Waals surface area contributed by atoms with Gasteiger partial charge in [-0.2, -0.15) is 0 Å². The highest BCUT2D eigenvalue weighted by Gasteiger charge is 2.36. The maximum Gasteiger partial charge on any atom is 0.0560 e. The first-order chi connectivity index (χ1) is 22.9. The summed E-state index contributed by atoms with van der Waals surface area (Å²) in [6, 6.07) is 42.7. The smallest absolute Gasteiger partial charge is 0.0560 e. The van der Waals surface area contributed by atoms with Crippen LogP contribution in [-0.2, 0) is 11.8 Å². The number of aryl methyl sites for hydroxylation is 1. The summed E-state index contributed by atoms with van der Waals surface area (Å²) in [6.45, 7) is 13.1. The van der Waals surface area contributed by atoms with Gasteiger partial charge < -0.3 is 4.90 Å². The molecule has 1 unspecified atom stereocenters. The van der Waals surface area contributed by atoms with Crippen LogP contribution in [0.5, 0.6) is 0 Å². The summed E-state index contributed by atoms with van der Waals surface area (Å²) in [6.07, 6.45) is 13.3. The van der Waals surface area contributed by atoms with Gasteiger partial charge in [-0.15, -0.1) is 0 Å². The van der Waals surface area contributed by atoms with Crippen molar-refractivity contribution in [2.24, 2.45) is 0 Å². The maximum absolute atomic E-state index is 4.00. The largest absolute Gasteiger partial charge is 0.334 e. The van der Waals surface area contributed by atoms with Crippen molar-refractivity contribution in [2.75, 3.05) is 4.90 Å². The highest BCUT2D eigenvalue weighted by Crippen LogP contribution is 2.50.